The maximum absolute atomic E-state index is 6.01. The van der Waals surface area contributed by atoms with Crippen LogP contribution in [-0.2, 0) is 9.47 Å². The summed E-state index contributed by atoms with van der Waals surface area (Å²) in [6.45, 7) is 5.81. The molecule has 4 rings (SSSR count). The van der Waals surface area contributed by atoms with Crippen LogP contribution in [0.2, 0.25) is 0 Å². The SMILES string of the molecule is CCCCCCC1CCC(c2ccc(-c3ccc([C@H]4CO[C@H](CC)CO4)cc3)cc2)CC1. The first-order valence-electron chi connectivity index (χ1n) is 13.2. The highest BCUT2D eigenvalue weighted by atomic mass is 16.6. The van der Waals surface area contributed by atoms with Crippen molar-refractivity contribution < 1.29 is 9.47 Å². The third-order valence-electron chi connectivity index (χ3n) is 7.73. The molecule has 32 heavy (non-hydrogen) atoms. The van der Waals surface area contributed by atoms with E-state index in [4.69, 9.17) is 9.47 Å². The summed E-state index contributed by atoms with van der Waals surface area (Å²) in [5.74, 6) is 1.74. The van der Waals surface area contributed by atoms with Gasteiger partial charge < -0.3 is 9.47 Å². The summed E-state index contributed by atoms with van der Waals surface area (Å²) in [7, 11) is 0. The van der Waals surface area contributed by atoms with E-state index in [0.717, 1.165) is 18.3 Å². The molecule has 174 valence electrons. The predicted molar refractivity (Wildman–Crippen MR) is 134 cm³/mol. The fraction of sp³-hybridized carbons (Fsp3) is 0.600. The quantitative estimate of drug-likeness (QED) is 0.368. The smallest absolute Gasteiger partial charge is 0.106 e. The van der Waals surface area contributed by atoms with Crippen LogP contribution in [0, 0.1) is 5.92 Å². The van der Waals surface area contributed by atoms with Gasteiger partial charge in [-0.25, -0.2) is 0 Å². The highest BCUT2D eigenvalue weighted by Gasteiger charge is 2.23. The number of hydrogen-bond donors (Lipinski definition) is 0. The maximum atomic E-state index is 6.01. The molecule has 0 bridgehead atoms. The fourth-order valence-corrected chi connectivity index (χ4v) is 5.45. The normalized spacial score (nSPS) is 26.2. The molecule has 0 amide bonds. The Balaban J connectivity index is 1.28. The summed E-state index contributed by atoms with van der Waals surface area (Å²) in [6, 6.07) is 18.2. The van der Waals surface area contributed by atoms with Crippen molar-refractivity contribution in [3.8, 4) is 11.1 Å². The van der Waals surface area contributed by atoms with Crippen LogP contribution in [0.1, 0.15) is 101 Å². The third kappa shape index (κ3) is 6.23. The van der Waals surface area contributed by atoms with Crippen LogP contribution >= 0.6 is 0 Å². The lowest BCUT2D eigenvalue weighted by Crippen LogP contribution is -2.30. The van der Waals surface area contributed by atoms with E-state index in [2.05, 4.69) is 62.4 Å². The standard InChI is InChI=1S/C30H42O2/c1-3-5-6-7-8-23-9-11-24(12-10-23)25-13-15-26(16-14-25)27-17-19-28(20-18-27)30-22-31-29(4-2)21-32-30/h13-20,23-24,29-30H,3-12,21-22H2,1-2H3/t23?,24?,29-,30-/m1/s1. The molecule has 2 heteroatoms. The van der Waals surface area contributed by atoms with Gasteiger partial charge in [-0.3, -0.25) is 0 Å². The van der Waals surface area contributed by atoms with Crippen molar-refractivity contribution in [1.29, 1.82) is 0 Å². The van der Waals surface area contributed by atoms with Crippen molar-refractivity contribution in [3.63, 3.8) is 0 Å². The zero-order valence-corrected chi connectivity index (χ0v) is 20.2. The second kappa shape index (κ2) is 12.0. The van der Waals surface area contributed by atoms with Gasteiger partial charge in [-0.15, -0.1) is 0 Å². The van der Waals surface area contributed by atoms with Crippen molar-refractivity contribution in [3.05, 3.63) is 59.7 Å². The molecule has 2 aromatic carbocycles. The molecule has 0 unspecified atom stereocenters. The first-order valence-corrected chi connectivity index (χ1v) is 13.2. The molecular formula is C30H42O2. The van der Waals surface area contributed by atoms with Crippen LogP contribution in [0.5, 0.6) is 0 Å². The summed E-state index contributed by atoms with van der Waals surface area (Å²) in [5, 5.41) is 0. The molecule has 0 N–H and O–H groups in total. The van der Waals surface area contributed by atoms with E-state index in [1.807, 2.05) is 0 Å². The predicted octanol–water partition coefficient (Wildman–Crippen LogP) is 8.46. The van der Waals surface area contributed by atoms with Crippen LogP contribution in [-0.4, -0.2) is 19.3 Å². The Morgan fingerprint density at radius 1 is 0.688 bits per heavy atom. The van der Waals surface area contributed by atoms with E-state index in [9.17, 15) is 0 Å². The second-order valence-electron chi connectivity index (χ2n) is 10.00. The largest absolute Gasteiger partial charge is 0.373 e. The van der Waals surface area contributed by atoms with Gasteiger partial charge in [0.05, 0.1) is 19.3 Å². The third-order valence-corrected chi connectivity index (χ3v) is 7.73. The minimum atomic E-state index is 0.0657. The molecular weight excluding hydrogens is 392 g/mol. The highest BCUT2D eigenvalue weighted by Crippen LogP contribution is 2.38. The van der Waals surface area contributed by atoms with E-state index < -0.39 is 0 Å². The Bertz CT molecular complexity index is 779. The summed E-state index contributed by atoms with van der Waals surface area (Å²) in [6.07, 6.45) is 14.0. The second-order valence-corrected chi connectivity index (χ2v) is 10.00. The van der Waals surface area contributed by atoms with Crippen molar-refractivity contribution in [2.45, 2.75) is 96.2 Å². The van der Waals surface area contributed by atoms with Crippen molar-refractivity contribution in [2.24, 2.45) is 5.92 Å². The van der Waals surface area contributed by atoms with Gasteiger partial charge in [0.2, 0.25) is 0 Å². The van der Waals surface area contributed by atoms with E-state index in [-0.39, 0.29) is 12.2 Å². The summed E-state index contributed by atoms with van der Waals surface area (Å²) in [4.78, 5) is 0. The number of ether oxygens (including phenoxy) is 2. The topological polar surface area (TPSA) is 18.5 Å². The lowest BCUT2D eigenvalue weighted by atomic mass is 9.77. The van der Waals surface area contributed by atoms with Gasteiger partial charge in [0.1, 0.15) is 6.10 Å². The van der Waals surface area contributed by atoms with Crippen LogP contribution in [0.3, 0.4) is 0 Å². The molecule has 2 fully saturated rings. The van der Waals surface area contributed by atoms with Gasteiger partial charge in [0, 0.05) is 0 Å². The molecule has 0 spiro atoms. The van der Waals surface area contributed by atoms with E-state index in [1.165, 1.54) is 80.0 Å². The van der Waals surface area contributed by atoms with Crippen LogP contribution in [0.4, 0.5) is 0 Å². The Labute approximate surface area is 195 Å². The number of unbranched alkanes of at least 4 members (excludes halogenated alkanes) is 3. The molecule has 1 saturated heterocycles. The first kappa shape index (κ1) is 23.5. The molecule has 2 atom stereocenters. The fourth-order valence-electron chi connectivity index (χ4n) is 5.45. The molecule has 2 nitrogen and oxygen atoms in total. The van der Waals surface area contributed by atoms with Gasteiger partial charge in [0.25, 0.3) is 0 Å². The first-order chi connectivity index (χ1) is 15.8. The van der Waals surface area contributed by atoms with E-state index >= 15 is 0 Å². The highest BCUT2D eigenvalue weighted by molar-refractivity contribution is 5.64. The molecule has 1 aliphatic carbocycles. The van der Waals surface area contributed by atoms with E-state index in [0.29, 0.717) is 13.2 Å². The lowest BCUT2D eigenvalue weighted by molar-refractivity contribution is -0.135. The van der Waals surface area contributed by atoms with Gasteiger partial charge in [-0.2, -0.15) is 0 Å². The van der Waals surface area contributed by atoms with Crippen molar-refractivity contribution >= 4 is 0 Å². The van der Waals surface area contributed by atoms with Crippen LogP contribution in [0.25, 0.3) is 11.1 Å². The lowest BCUT2D eigenvalue weighted by Gasteiger charge is -2.29. The summed E-state index contributed by atoms with van der Waals surface area (Å²) >= 11 is 0. The number of rotatable bonds is 9. The molecule has 0 aromatic heterocycles. The number of benzene rings is 2. The zero-order valence-electron chi connectivity index (χ0n) is 20.2. The molecule has 2 aromatic rings. The van der Waals surface area contributed by atoms with Crippen LogP contribution in [0.15, 0.2) is 48.5 Å². The van der Waals surface area contributed by atoms with Gasteiger partial charge in [-0.1, -0.05) is 94.5 Å². The van der Waals surface area contributed by atoms with Gasteiger partial charge in [0.15, 0.2) is 0 Å². The average molecular weight is 435 g/mol. The van der Waals surface area contributed by atoms with Crippen LogP contribution < -0.4 is 0 Å². The minimum Gasteiger partial charge on any atom is -0.373 e. The van der Waals surface area contributed by atoms with Crippen molar-refractivity contribution in [2.75, 3.05) is 13.2 Å². The van der Waals surface area contributed by atoms with Crippen molar-refractivity contribution in [1.82, 2.24) is 0 Å². The van der Waals surface area contributed by atoms with E-state index in [1.54, 1.807) is 0 Å². The Kier molecular flexibility index (Phi) is 8.82. The Morgan fingerprint density at radius 2 is 1.34 bits per heavy atom. The maximum Gasteiger partial charge on any atom is 0.106 e. The minimum absolute atomic E-state index is 0.0657. The molecule has 1 heterocycles. The molecule has 2 aliphatic rings. The summed E-state index contributed by atoms with van der Waals surface area (Å²) < 4.78 is 11.9. The zero-order chi connectivity index (χ0) is 22.2. The molecule has 1 aliphatic heterocycles. The monoisotopic (exact) mass is 434 g/mol. The Hall–Kier alpha value is -1.64. The number of hydrogen-bond acceptors (Lipinski definition) is 2. The average Bonchev–Trinajstić information content (AvgIpc) is 2.87. The summed E-state index contributed by atoms with van der Waals surface area (Å²) in [5.41, 5.74) is 5.33. The molecule has 1 saturated carbocycles. The van der Waals surface area contributed by atoms with Gasteiger partial charge in [-0.05, 0) is 66.2 Å². The van der Waals surface area contributed by atoms with Gasteiger partial charge >= 0.3 is 0 Å². The molecule has 0 radical (unpaired) electrons. The Morgan fingerprint density at radius 3 is 1.91 bits per heavy atom.